The molecule has 2 N–H and O–H groups in total. The van der Waals surface area contributed by atoms with Crippen LogP contribution in [-0.2, 0) is 19.3 Å². The molecule has 0 atom stereocenters. The van der Waals surface area contributed by atoms with Gasteiger partial charge in [0.15, 0.2) is 0 Å². The Morgan fingerprint density at radius 2 is 1.69 bits per heavy atom. The largest absolute Gasteiger partial charge is 0.310 e. The average Bonchev–Trinajstić information content (AvgIpc) is 3.45. The number of tetrazole rings is 1. The zero-order chi connectivity index (χ0) is 24.7. The third kappa shape index (κ3) is 5.27. The first-order valence-corrected chi connectivity index (χ1v) is 12.1. The summed E-state index contributed by atoms with van der Waals surface area (Å²) in [5.41, 5.74) is 6.44. The number of pyridine rings is 1. The van der Waals surface area contributed by atoms with Crippen molar-refractivity contribution in [1.82, 2.24) is 35.6 Å². The molecule has 36 heavy (non-hydrogen) atoms. The molecular formula is C28H27N7O. The standard InChI is InChI=1S/C28H27N7O/c1-2-3-11-25-24(28(36)31-26(30-25)18-21-8-6-7-16-29-21)17-19-12-14-20(15-13-19)22-9-4-5-10-23(22)27-32-34-35-33-27/h4-10,12-16H,2-3,11,17-18H2,1H3,(H,30,31,36)(H,32,33,34,35). The van der Waals surface area contributed by atoms with Crippen LogP contribution in [0.4, 0.5) is 0 Å². The van der Waals surface area contributed by atoms with Gasteiger partial charge in [0.05, 0.1) is 5.69 Å². The minimum atomic E-state index is -0.0754. The van der Waals surface area contributed by atoms with Crippen molar-refractivity contribution in [3.63, 3.8) is 0 Å². The fraction of sp³-hybridized carbons (Fsp3) is 0.214. The minimum Gasteiger partial charge on any atom is -0.310 e. The average molecular weight is 478 g/mol. The van der Waals surface area contributed by atoms with Gasteiger partial charge >= 0.3 is 0 Å². The number of aromatic amines is 2. The van der Waals surface area contributed by atoms with Crippen LogP contribution in [0.2, 0.25) is 0 Å². The lowest BCUT2D eigenvalue weighted by Gasteiger charge is -2.12. The predicted octanol–water partition coefficient (Wildman–Crippen LogP) is 4.54. The molecule has 3 heterocycles. The molecule has 180 valence electrons. The summed E-state index contributed by atoms with van der Waals surface area (Å²) in [6, 6.07) is 22.0. The second kappa shape index (κ2) is 10.9. The number of unbranched alkanes of at least 4 members (excludes halogenated alkanes) is 1. The smallest absolute Gasteiger partial charge is 0.254 e. The van der Waals surface area contributed by atoms with Gasteiger partial charge in [0, 0.05) is 35.9 Å². The number of aryl methyl sites for hydroxylation is 1. The van der Waals surface area contributed by atoms with Crippen LogP contribution in [0, 0.1) is 0 Å². The van der Waals surface area contributed by atoms with Gasteiger partial charge in [-0.25, -0.2) is 4.98 Å². The van der Waals surface area contributed by atoms with Gasteiger partial charge in [0.2, 0.25) is 5.82 Å². The molecule has 8 nitrogen and oxygen atoms in total. The van der Waals surface area contributed by atoms with Gasteiger partial charge in [0.25, 0.3) is 5.56 Å². The van der Waals surface area contributed by atoms with Crippen LogP contribution in [0.3, 0.4) is 0 Å². The molecule has 0 amide bonds. The monoisotopic (exact) mass is 477 g/mol. The van der Waals surface area contributed by atoms with Gasteiger partial charge < -0.3 is 4.98 Å². The van der Waals surface area contributed by atoms with Crippen molar-refractivity contribution >= 4 is 0 Å². The first-order valence-electron chi connectivity index (χ1n) is 12.1. The Labute approximate surface area is 208 Å². The summed E-state index contributed by atoms with van der Waals surface area (Å²) in [6.45, 7) is 2.15. The molecule has 2 aromatic carbocycles. The van der Waals surface area contributed by atoms with E-state index >= 15 is 0 Å². The molecule has 0 unspecified atom stereocenters. The number of nitrogens with zero attached hydrogens (tertiary/aromatic N) is 5. The van der Waals surface area contributed by atoms with E-state index in [0.717, 1.165) is 58.5 Å². The summed E-state index contributed by atoms with van der Waals surface area (Å²) in [5, 5.41) is 14.5. The summed E-state index contributed by atoms with van der Waals surface area (Å²) >= 11 is 0. The van der Waals surface area contributed by atoms with Gasteiger partial charge in [-0.05, 0) is 46.9 Å². The van der Waals surface area contributed by atoms with Crippen molar-refractivity contribution in [2.24, 2.45) is 0 Å². The van der Waals surface area contributed by atoms with E-state index < -0.39 is 0 Å². The van der Waals surface area contributed by atoms with Crippen LogP contribution in [-0.4, -0.2) is 35.6 Å². The molecular weight excluding hydrogens is 450 g/mol. The molecule has 8 heteroatoms. The van der Waals surface area contributed by atoms with Gasteiger partial charge in [-0.3, -0.25) is 9.78 Å². The maximum Gasteiger partial charge on any atom is 0.254 e. The summed E-state index contributed by atoms with van der Waals surface area (Å²) in [5.74, 6) is 1.21. The summed E-state index contributed by atoms with van der Waals surface area (Å²) < 4.78 is 0. The first-order chi connectivity index (χ1) is 17.7. The third-order valence-electron chi connectivity index (χ3n) is 6.15. The van der Waals surface area contributed by atoms with E-state index in [9.17, 15) is 4.79 Å². The van der Waals surface area contributed by atoms with Crippen LogP contribution in [0.5, 0.6) is 0 Å². The van der Waals surface area contributed by atoms with Gasteiger partial charge in [-0.1, -0.05) is 67.9 Å². The highest BCUT2D eigenvalue weighted by Gasteiger charge is 2.14. The van der Waals surface area contributed by atoms with Crippen molar-refractivity contribution in [2.45, 2.75) is 39.0 Å². The molecule has 0 aliphatic heterocycles. The Kier molecular flexibility index (Phi) is 7.02. The lowest BCUT2D eigenvalue weighted by molar-refractivity contribution is 0.745. The van der Waals surface area contributed by atoms with E-state index in [4.69, 9.17) is 4.98 Å². The molecule has 0 spiro atoms. The summed E-state index contributed by atoms with van der Waals surface area (Å²) in [4.78, 5) is 25.4. The normalized spacial score (nSPS) is 11.0. The number of aromatic nitrogens is 7. The van der Waals surface area contributed by atoms with Crippen molar-refractivity contribution in [3.8, 4) is 22.5 Å². The summed E-state index contributed by atoms with van der Waals surface area (Å²) in [7, 11) is 0. The molecule has 0 bridgehead atoms. The highest BCUT2D eigenvalue weighted by atomic mass is 16.1. The maximum absolute atomic E-state index is 13.1. The van der Waals surface area contributed by atoms with E-state index in [1.807, 2.05) is 42.5 Å². The number of hydrogen-bond donors (Lipinski definition) is 2. The van der Waals surface area contributed by atoms with Gasteiger partial charge in [-0.15, -0.1) is 10.2 Å². The minimum absolute atomic E-state index is 0.0754. The van der Waals surface area contributed by atoms with Crippen LogP contribution in [0.1, 0.15) is 48.1 Å². The summed E-state index contributed by atoms with van der Waals surface area (Å²) in [6.07, 6.45) is 5.59. The first kappa shape index (κ1) is 23.3. The van der Waals surface area contributed by atoms with Crippen LogP contribution in [0.15, 0.2) is 77.7 Å². The number of nitrogens with one attached hydrogen (secondary N) is 2. The van der Waals surface area contributed by atoms with Crippen LogP contribution in [0.25, 0.3) is 22.5 Å². The van der Waals surface area contributed by atoms with E-state index in [2.05, 4.69) is 61.8 Å². The van der Waals surface area contributed by atoms with Gasteiger partial charge in [0.1, 0.15) is 5.82 Å². The molecule has 0 radical (unpaired) electrons. The maximum atomic E-state index is 13.1. The molecule has 5 aromatic rings. The molecule has 0 fully saturated rings. The van der Waals surface area contributed by atoms with Crippen LogP contribution < -0.4 is 5.56 Å². The van der Waals surface area contributed by atoms with Crippen molar-refractivity contribution in [1.29, 1.82) is 0 Å². The van der Waals surface area contributed by atoms with Crippen LogP contribution >= 0.6 is 0 Å². The number of rotatable bonds is 9. The third-order valence-corrected chi connectivity index (χ3v) is 6.15. The fourth-order valence-electron chi connectivity index (χ4n) is 4.30. The zero-order valence-electron chi connectivity index (χ0n) is 20.1. The van der Waals surface area contributed by atoms with E-state index in [1.54, 1.807) is 6.20 Å². The quantitative estimate of drug-likeness (QED) is 0.322. The lowest BCUT2D eigenvalue weighted by atomic mass is 9.96. The topological polar surface area (TPSA) is 113 Å². The number of benzene rings is 2. The second-order valence-corrected chi connectivity index (χ2v) is 8.69. The van der Waals surface area contributed by atoms with Gasteiger partial charge in [-0.2, -0.15) is 5.21 Å². The lowest BCUT2D eigenvalue weighted by Crippen LogP contribution is -2.21. The Morgan fingerprint density at radius 3 is 2.42 bits per heavy atom. The Hall–Kier alpha value is -4.46. The van der Waals surface area contributed by atoms with E-state index in [1.165, 1.54) is 0 Å². The highest BCUT2D eigenvalue weighted by Crippen LogP contribution is 2.30. The number of hydrogen-bond acceptors (Lipinski definition) is 6. The molecule has 0 saturated heterocycles. The van der Waals surface area contributed by atoms with E-state index in [0.29, 0.717) is 24.5 Å². The molecule has 3 aromatic heterocycles. The fourth-order valence-corrected chi connectivity index (χ4v) is 4.30. The zero-order valence-corrected chi connectivity index (χ0v) is 20.1. The SMILES string of the molecule is CCCCc1nc(Cc2ccccn2)[nH]c(=O)c1Cc1ccc(-c2ccccc2-c2nn[nH]n2)cc1. The predicted molar refractivity (Wildman–Crippen MR) is 138 cm³/mol. The molecule has 0 aliphatic carbocycles. The highest BCUT2D eigenvalue weighted by molar-refractivity contribution is 5.80. The Balaban J connectivity index is 1.42. The number of H-pyrrole nitrogens is 2. The molecule has 0 aliphatic rings. The second-order valence-electron chi connectivity index (χ2n) is 8.69. The van der Waals surface area contributed by atoms with Crippen molar-refractivity contribution in [2.75, 3.05) is 0 Å². The van der Waals surface area contributed by atoms with E-state index in [-0.39, 0.29) is 5.56 Å². The Bertz CT molecular complexity index is 1480. The van der Waals surface area contributed by atoms with Crippen molar-refractivity contribution < 1.29 is 0 Å². The van der Waals surface area contributed by atoms with Crippen molar-refractivity contribution in [3.05, 3.63) is 112 Å². The Morgan fingerprint density at radius 1 is 0.889 bits per heavy atom. The molecule has 0 saturated carbocycles. The molecule has 5 rings (SSSR count).